The van der Waals surface area contributed by atoms with Crippen molar-refractivity contribution < 1.29 is 9.13 Å². The molecule has 0 aromatic heterocycles. The molecular formula is C17H25FN2O. The van der Waals surface area contributed by atoms with E-state index < -0.39 is 0 Å². The number of hydrogen-bond donors (Lipinski definition) is 1. The highest BCUT2D eigenvalue weighted by molar-refractivity contribution is 5.37. The second-order valence-corrected chi connectivity index (χ2v) is 7.07. The summed E-state index contributed by atoms with van der Waals surface area (Å²) < 4.78 is 19.3. The molecule has 1 N–H and O–H groups in total. The normalized spacial score (nSPS) is 28.8. The first-order valence-electron chi connectivity index (χ1n) is 7.87. The number of hydrogen-bond acceptors (Lipinski definition) is 3. The fourth-order valence-corrected chi connectivity index (χ4v) is 3.42. The van der Waals surface area contributed by atoms with Gasteiger partial charge in [-0.15, -0.1) is 0 Å². The van der Waals surface area contributed by atoms with Gasteiger partial charge in [0, 0.05) is 36.7 Å². The molecular weight excluding hydrogens is 267 g/mol. The van der Waals surface area contributed by atoms with Gasteiger partial charge in [0.25, 0.3) is 0 Å². The molecule has 2 atom stereocenters. The Labute approximate surface area is 126 Å². The summed E-state index contributed by atoms with van der Waals surface area (Å²) in [6.07, 6.45) is 2.10. The minimum atomic E-state index is -0.175. The Hall–Kier alpha value is -1.13. The average molecular weight is 292 g/mol. The molecule has 1 aromatic rings. The van der Waals surface area contributed by atoms with Crippen LogP contribution < -0.4 is 10.1 Å². The van der Waals surface area contributed by atoms with Crippen molar-refractivity contribution in [2.75, 3.05) is 19.6 Å². The SMILES string of the molecule is CC1CCNC(C)(C)CN1CC1Cc2cc(F)ccc2O1. The molecule has 1 fully saturated rings. The van der Waals surface area contributed by atoms with Crippen molar-refractivity contribution in [1.82, 2.24) is 10.2 Å². The molecule has 2 aliphatic rings. The van der Waals surface area contributed by atoms with Crippen molar-refractivity contribution in [3.63, 3.8) is 0 Å². The predicted molar refractivity (Wildman–Crippen MR) is 82.3 cm³/mol. The highest BCUT2D eigenvalue weighted by Gasteiger charge is 2.32. The molecule has 0 aliphatic carbocycles. The summed E-state index contributed by atoms with van der Waals surface area (Å²) in [5, 5.41) is 3.60. The first-order chi connectivity index (χ1) is 9.93. The molecule has 0 radical (unpaired) electrons. The fraction of sp³-hybridized carbons (Fsp3) is 0.647. The Morgan fingerprint density at radius 3 is 3.05 bits per heavy atom. The van der Waals surface area contributed by atoms with Crippen LogP contribution in [0.2, 0.25) is 0 Å². The monoisotopic (exact) mass is 292 g/mol. The van der Waals surface area contributed by atoms with Crippen molar-refractivity contribution in [3.05, 3.63) is 29.6 Å². The Balaban J connectivity index is 1.67. The van der Waals surface area contributed by atoms with Crippen LogP contribution in [0.4, 0.5) is 4.39 Å². The maximum atomic E-state index is 13.3. The van der Waals surface area contributed by atoms with Gasteiger partial charge in [-0.2, -0.15) is 0 Å². The number of benzene rings is 1. The van der Waals surface area contributed by atoms with Crippen LogP contribution in [-0.2, 0) is 6.42 Å². The first kappa shape index (κ1) is 14.8. The molecule has 0 amide bonds. The minimum Gasteiger partial charge on any atom is -0.488 e. The maximum absolute atomic E-state index is 13.3. The third-order valence-electron chi connectivity index (χ3n) is 4.59. The van der Waals surface area contributed by atoms with Crippen LogP contribution in [0.1, 0.15) is 32.8 Å². The Morgan fingerprint density at radius 2 is 2.24 bits per heavy atom. The molecule has 3 nitrogen and oxygen atoms in total. The molecule has 2 heterocycles. The number of nitrogens with one attached hydrogen (secondary N) is 1. The van der Waals surface area contributed by atoms with Gasteiger partial charge >= 0.3 is 0 Å². The van der Waals surface area contributed by atoms with Gasteiger partial charge in [0.05, 0.1) is 0 Å². The Morgan fingerprint density at radius 1 is 1.43 bits per heavy atom. The maximum Gasteiger partial charge on any atom is 0.123 e. The van der Waals surface area contributed by atoms with Crippen LogP contribution in [0.15, 0.2) is 18.2 Å². The van der Waals surface area contributed by atoms with E-state index in [2.05, 4.69) is 31.0 Å². The number of fused-ring (bicyclic) bond motifs is 1. The zero-order chi connectivity index (χ0) is 15.0. The van der Waals surface area contributed by atoms with Crippen molar-refractivity contribution in [3.8, 4) is 5.75 Å². The van der Waals surface area contributed by atoms with E-state index in [0.29, 0.717) is 6.04 Å². The third kappa shape index (κ3) is 3.38. The van der Waals surface area contributed by atoms with Gasteiger partial charge in [-0.3, -0.25) is 4.90 Å². The first-order valence-corrected chi connectivity index (χ1v) is 7.87. The molecule has 116 valence electrons. The van der Waals surface area contributed by atoms with Gasteiger partial charge in [0.1, 0.15) is 17.7 Å². The highest BCUT2D eigenvalue weighted by atomic mass is 19.1. The van der Waals surface area contributed by atoms with E-state index in [4.69, 9.17) is 4.74 Å². The topological polar surface area (TPSA) is 24.5 Å². The van der Waals surface area contributed by atoms with E-state index in [1.54, 1.807) is 12.1 Å². The molecule has 0 bridgehead atoms. The average Bonchev–Trinajstić information content (AvgIpc) is 2.72. The molecule has 4 heteroatoms. The molecule has 2 unspecified atom stereocenters. The van der Waals surface area contributed by atoms with Gasteiger partial charge < -0.3 is 10.1 Å². The largest absolute Gasteiger partial charge is 0.488 e. The van der Waals surface area contributed by atoms with E-state index >= 15 is 0 Å². The van der Waals surface area contributed by atoms with Crippen LogP contribution in [0.3, 0.4) is 0 Å². The number of nitrogens with zero attached hydrogens (tertiary/aromatic N) is 1. The standard InChI is InChI=1S/C17H25FN2O/c1-12-6-7-19-17(2,3)11-20(12)10-15-9-13-8-14(18)4-5-16(13)21-15/h4-5,8,12,15,19H,6-7,9-11H2,1-3H3. The molecule has 1 aromatic carbocycles. The van der Waals surface area contributed by atoms with Crippen LogP contribution in [0.25, 0.3) is 0 Å². The lowest BCUT2D eigenvalue weighted by Gasteiger charge is -2.34. The van der Waals surface area contributed by atoms with Gasteiger partial charge in [0.15, 0.2) is 0 Å². The summed E-state index contributed by atoms with van der Waals surface area (Å²) in [5.41, 5.74) is 1.13. The molecule has 0 saturated carbocycles. The van der Waals surface area contributed by atoms with Crippen LogP contribution in [-0.4, -0.2) is 42.2 Å². The Kier molecular flexibility index (Phi) is 3.93. The number of ether oxygens (including phenoxy) is 1. The van der Waals surface area contributed by atoms with E-state index in [1.807, 2.05) is 0 Å². The lowest BCUT2D eigenvalue weighted by molar-refractivity contribution is 0.110. The molecule has 21 heavy (non-hydrogen) atoms. The van der Waals surface area contributed by atoms with E-state index in [0.717, 1.165) is 43.8 Å². The third-order valence-corrected chi connectivity index (χ3v) is 4.59. The van der Waals surface area contributed by atoms with E-state index in [1.165, 1.54) is 6.07 Å². The van der Waals surface area contributed by atoms with E-state index in [-0.39, 0.29) is 17.5 Å². The van der Waals surface area contributed by atoms with Crippen molar-refractivity contribution >= 4 is 0 Å². The summed E-state index contributed by atoms with van der Waals surface area (Å²) in [6.45, 7) is 9.75. The summed E-state index contributed by atoms with van der Waals surface area (Å²) in [6, 6.07) is 5.38. The zero-order valence-electron chi connectivity index (χ0n) is 13.2. The lowest BCUT2D eigenvalue weighted by atomic mass is 10.0. The second kappa shape index (κ2) is 5.58. The zero-order valence-corrected chi connectivity index (χ0v) is 13.2. The quantitative estimate of drug-likeness (QED) is 0.907. The summed E-state index contributed by atoms with van der Waals surface area (Å²) in [5.74, 6) is 0.674. The van der Waals surface area contributed by atoms with E-state index in [9.17, 15) is 4.39 Å². The fourth-order valence-electron chi connectivity index (χ4n) is 3.42. The molecule has 0 spiro atoms. The lowest BCUT2D eigenvalue weighted by Crippen LogP contribution is -2.49. The van der Waals surface area contributed by atoms with Crippen LogP contribution in [0.5, 0.6) is 5.75 Å². The highest BCUT2D eigenvalue weighted by Crippen LogP contribution is 2.30. The predicted octanol–water partition coefficient (Wildman–Crippen LogP) is 2.59. The number of rotatable bonds is 2. The molecule has 3 rings (SSSR count). The molecule has 2 aliphatic heterocycles. The second-order valence-electron chi connectivity index (χ2n) is 7.07. The summed E-state index contributed by atoms with van der Waals surface area (Å²) in [7, 11) is 0. The van der Waals surface area contributed by atoms with Crippen molar-refractivity contribution in [2.24, 2.45) is 0 Å². The number of halogens is 1. The molecule has 1 saturated heterocycles. The van der Waals surface area contributed by atoms with Crippen LogP contribution >= 0.6 is 0 Å². The van der Waals surface area contributed by atoms with Crippen molar-refractivity contribution in [2.45, 2.75) is 51.3 Å². The van der Waals surface area contributed by atoms with Crippen LogP contribution in [0, 0.1) is 5.82 Å². The van der Waals surface area contributed by atoms with Gasteiger partial charge in [-0.25, -0.2) is 4.39 Å². The van der Waals surface area contributed by atoms with Gasteiger partial charge in [-0.05, 0) is 51.9 Å². The van der Waals surface area contributed by atoms with Gasteiger partial charge in [0.2, 0.25) is 0 Å². The minimum absolute atomic E-state index is 0.127. The summed E-state index contributed by atoms with van der Waals surface area (Å²) >= 11 is 0. The van der Waals surface area contributed by atoms with Gasteiger partial charge in [-0.1, -0.05) is 0 Å². The smallest absolute Gasteiger partial charge is 0.123 e. The van der Waals surface area contributed by atoms with Crippen molar-refractivity contribution in [1.29, 1.82) is 0 Å². The Bertz CT molecular complexity index is 518. The summed E-state index contributed by atoms with van der Waals surface area (Å²) in [4.78, 5) is 2.51.